The molecule has 0 aliphatic rings. The molecule has 0 fully saturated rings. The summed E-state index contributed by atoms with van der Waals surface area (Å²) < 4.78 is 11.0. The van der Waals surface area contributed by atoms with E-state index in [0.717, 1.165) is 44.3 Å². The van der Waals surface area contributed by atoms with Gasteiger partial charge in [-0.05, 0) is 81.2 Å². The van der Waals surface area contributed by atoms with Gasteiger partial charge in [-0.3, -0.25) is 8.80 Å². The quantitative estimate of drug-likeness (QED) is 0.205. The van der Waals surface area contributed by atoms with Crippen LogP contribution in [0.15, 0.2) is 132 Å². The van der Waals surface area contributed by atoms with E-state index in [9.17, 15) is 0 Å². The summed E-state index contributed by atoms with van der Waals surface area (Å²) >= 11 is 0. The normalized spacial score (nSPS) is 12.7. The van der Waals surface area contributed by atoms with E-state index < -0.39 is 0 Å². The molecule has 0 radical (unpaired) electrons. The van der Waals surface area contributed by atoms with Crippen molar-refractivity contribution in [1.29, 1.82) is 0 Å². The Morgan fingerprint density at radius 2 is 1.19 bits per heavy atom. The molecule has 0 saturated carbocycles. The minimum Gasteiger partial charge on any atom is -0.456 e. The lowest BCUT2D eigenvalue weighted by Gasteiger charge is -2.07. The SMILES string of the molecule is c1ccc2cc3c(cc2c1)nc1n3c2cc(-c3cccc4oc5ccccc5c34)cc3c4cc5ccccc5cc4n1c32. The van der Waals surface area contributed by atoms with Crippen molar-refractivity contribution in [2.75, 3.05) is 0 Å². The van der Waals surface area contributed by atoms with E-state index in [-0.39, 0.29) is 0 Å². The molecule has 4 aromatic heterocycles. The first-order valence-corrected chi connectivity index (χ1v) is 14.6. The van der Waals surface area contributed by atoms with Gasteiger partial charge in [-0.2, -0.15) is 0 Å². The number of fused-ring (bicyclic) bond motifs is 13. The van der Waals surface area contributed by atoms with Crippen molar-refractivity contribution in [3.63, 3.8) is 0 Å². The third-order valence-electron chi connectivity index (χ3n) is 9.37. The van der Waals surface area contributed by atoms with E-state index in [0.29, 0.717) is 0 Å². The van der Waals surface area contributed by atoms with Gasteiger partial charge in [-0.15, -0.1) is 0 Å². The van der Waals surface area contributed by atoms with Crippen LogP contribution in [0, 0.1) is 0 Å². The predicted octanol–water partition coefficient (Wildman–Crippen LogP) is 10.4. The molecule has 0 amide bonds. The maximum Gasteiger partial charge on any atom is 0.220 e. The van der Waals surface area contributed by atoms with Crippen LogP contribution in [-0.4, -0.2) is 13.8 Å². The van der Waals surface area contributed by atoms with Gasteiger partial charge in [0.1, 0.15) is 11.2 Å². The molecular weight excluding hydrogens is 526 g/mol. The Kier molecular flexibility index (Phi) is 3.80. The summed E-state index contributed by atoms with van der Waals surface area (Å²) in [6, 6.07) is 45.8. The average Bonchev–Trinajstić information content (AvgIpc) is 3.78. The van der Waals surface area contributed by atoms with Crippen molar-refractivity contribution in [2.45, 2.75) is 0 Å². The number of furan rings is 1. The second-order valence-electron chi connectivity index (χ2n) is 11.7. The topological polar surface area (TPSA) is 34.9 Å². The van der Waals surface area contributed by atoms with Gasteiger partial charge in [0.15, 0.2) is 0 Å². The van der Waals surface area contributed by atoms with Crippen molar-refractivity contribution >= 4 is 87.6 Å². The van der Waals surface area contributed by atoms with Crippen molar-refractivity contribution in [3.05, 3.63) is 127 Å². The third kappa shape index (κ3) is 2.69. The zero-order chi connectivity index (χ0) is 27.8. The highest BCUT2D eigenvalue weighted by atomic mass is 16.3. The van der Waals surface area contributed by atoms with Crippen LogP contribution < -0.4 is 0 Å². The van der Waals surface area contributed by atoms with E-state index in [1.54, 1.807) is 0 Å². The molecule has 4 heteroatoms. The molecule has 0 bridgehead atoms. The highest BCUT2D eigenvalue weighted by Gasteiger charge is 2.23. The molecule has 11 rings (SSSR count). The summed E-state index contributed by atoms with van der Waals surface area (Å²) in [5.41, 5.74) is 9.82. The van der Waals surface area contributed by atoms with Crippen LogP contribution in [0.5, 0.6) is 0 Å². The molecule has 43 heavy (non-hydrogen) atoms. The zero-order valence-corrected chi connectivity index (χ0v) is 22.9. The monoisotopic (exact) mass is 547 g/mol. The molecule has 0 unspecified atom stereocenters. The minimum absolute atomic E-state index is 0.906. The van der Waals surface area contributed by atoms with Gasteiger partial charge in [-0.25, -0.2) is 4.98 Å². The van der Waals surface area contributed by atoms with Gasteiger partial charge >= 0.3 is 0 Å². The second kappa shape index (κ2) is 7.50. The number of benzene rings is 7. The molecule has 198 valence electrons. The smallest absolute Gasteiger partial charge is 0.220 e. The average molecular weight is 548 g/mol. The Morgan fingerprint density at radius 1 is 0.488 bits per heavy atom. The molecular formula is C39H21N3O. The fraction of sp³-hybridized carbons (Fsp3) is 0. The van der Waals surface area contributed by atoms with Gasteiger partial charge in [0.2, 0.25) is 5.78 Å². The number of nitrogens with zero attached hydrogens (tertiary/aromatic N) is 3. The highest BCUT2D eigenvalue weighted by molar-refractivity contribution is 6.21. The second-order valence-corrected chi connectivity index (χ2v) is 11.7. The Hall–Kier alpha value is -5.87. The van der Waals surface area contributed by atoms with Crippen molar-refractivity contribution < 1.29 is 4.42 Å². The van der Waals surface area contributed by atoms with Gasteiger partial charge in [0.05, 0.1) is 27.6 Å². The molecule has 4 nitrogen and oxygen atoms in total. The molecule has 4 heterocycles. The minimum atomic E-state index is 0.906. The summed E-state index contributed by atoms with van der Waals surface area (Å²) in [5, 5.41) is 9.65. The summed E-state index contributed by atoms with van der Waals surface area (Å²) in [5.74, 6) is 0.944. The highest BCUT2D eigenvalue weighted by Crippen LogP contribution is 2.43. The molecule has 0 atom stereocenters. The van der Waals surface area contributed by atoms with Crippen LogP contribution >= 0.6 is 0 Å². The number of imidazole rings is 2. The van der Waals surface area contributed by atoms with Crippen LogP contribution in [0.25, 0.3) is 98.7 Å². The maximum atomic E-state index is 6.30. The first-order chi connectivity index (χ1) is 21.3. The Bertz CT molecular complexity index is 2960. The lowest BCUT2D eigenvalue weighted by molar-refractivity contribution is 0.669. The Morgan fingerprint density at radius 3 is 2.02 bits per heavy atom. The number of hydrogen-bond acceptors (Lipinski definition) is 2. The van der Waals surface area contributed by atoms with E-state index >= 15 is 0 Å². The van der Waals surface area contributed by atoms with Crippen LogP contribution in [0.2, 0.25) is 0 Å². The van der Waals surface area contributed by atoms with E-state index in [1.807, 2.05) is 6.07 Å². The molecule has 0 saturated heterocycles. The zero-order valence-electron chi connectivity index (χ0n) is 22.9. The number of rotatable bonds is 1. The van der Waals surface area contributed by atoms with Crippen molar-refractivity contribution in [2.24, 2.45) is 0 Å². The number of hydrogen-bond donors (Lipinski definition) is 0. The van der Waals surface area contributed by atoms with Crippen LogP contribution in [0.4, 0.5) is 0 Å². The largest absolute Gasteiger partial charge is 0.456 e. The molecule has 0 aliphatic heterocycles. The fourth-order valence-corrected chi connectivity index (χ4v) is 7.50. The molecule has 0 N–H and O–H groups in total. The summed E-state index contributed by atoms with van der Waals surface area (Å²) in [4.78, 5) is 5.28. The third-order valence-corrected chi connectivity index (χ3v) is 9.37. The molecule has 0 spiro atoms. The lowest BCUT2D eigenvalue weighted by atomic mass is 9.97. The molecule has 7 aromatic carbocycles. The number of para-hydroxylation sites is 1. The van der Waals surface area contributed by atoms with Gasteiger partial charge < -0.3 is 4.42 Å². The molecule has 11 aromatic rings. The van der Waals surface area contributed by atoms with Crippen LogP contribution in [0.1, 0.15) is 0 Å². The van der Waals surface area contributed by atoms with E-state index in [2.05, 4.69) is 130 Å². The van der Waals surface area contributed by atoms with Crippen molar-refractivity contribution in [3.8, 4) is 11.1 Å². The summed E-state index contributed by atoms with van der Waals surface area (Å²) in [6.07, 6.45) is 0. The predicted molar refractivity (Wildman–Crippen MR) is 178 cm³/mol. The maximum absolute atomic E-state index is 6.30. The summed E-state index contributed by atoms with van der Waals surface area (Å²) in [7, 11) is 0. The number of aromatic nitrogens is 3. The standard InChI is InChI=1S/C39H21N3O/c1-3-10-24-19-32-29(16-22(24)8-1)30-17-26(27-13-7-15-36-37(27)28-12-5-6-14-35(28)43-36)21-34-38(30)42(32)39-40-31-18-23-9-2-4-11-25(23)20-33(31)41(34)39/h1-21H. The van der Waals surface area contributed by atoms with Gasteiger partial charge in [0, 0.05) is 21.5 Å². The van der Waals surface area contributed by atoms with Crippen molar-refractivity contribution in [1.82, 2.24) is 13.8 Å². The molecule has 0 aliphatic carbocycles. The lowest BCUT2D eigenvalue weighted by Crippen LogP contribution is -1.86. The first-order valence-electron chi connectivity index (χ1n) is 14.6. The van der Waals surface area contributed by atoms with E-state index in [1.165, 1.54) is 54.5 Å². The van der Waals surface area contributed by atoms with E-state index in [4.69, 9.17) is 9.40 Å². The van der Waals surface area contributed by atoms with Crippen LogP contribution in [0.3, 0.4) is 0 Å². The van der Waals surface area contributed by atoms with Crippen LogP contribution in [-0.2, 0) is 0 Å². The Labute approximate surface area is 243 Å². The first kappa shape index (κ1) is 21.8. The fourth-order valence-electron chi connectivity index (χ4n) is 7.50. The van der Waals surface area contributed by atoms with Gasteiger partial charge in [0.25, 0.3) is 0 Å². The van der Waals surface area contributed by atoms with Gasteiger partial charge in [-0.1, -0.05) is 78.9 Å². The summed E-state index contributed by atoms with van der Waals surface area (Å²) in [6.45, 7) is 0. The Balaban J connectivity index is 1.37.